The molecule has 0 saturated carbocycles. The zero-order valence-corrected chi connectivity index (χ0v) is 17.8. The van der Waals surface area contributed by atoms with Crippen molar-refractivity contribution >= 4 is 43.4 Å². The lowest BCUT2D eigenvalue weighted by atomic mass is 10.0. The van der Waals surface area contributed by atoms with Crippen molar-refractivity contribution < 1.29 is 9.53 Å². The first-order valence-electron chi connectivity index (χ1n) is 10.4. The van der Waals surface area contributed by atoms with Crippen LogP contribution in [0.25, 0.3) is 21.0 Å². The summed E-state index contributed by atoms with van der Waals surface area (Å²) < 4.78 is 6.95. The van der Waals surface area contributed by atoms with Gasteiger partial charge in [0.2, 0.25) is 5.91 Å². The number of hydrogen-bond acceptors (Lipinski definition) is 4. The van der Waals surface area contributed by atoms with Crippen molar-refractivity contribution in [2.75, 3.05) is 18.1 Å². The van der Waals surface area contributed by atoms with Crippen molar-refractivity contribution in [1.29, 1.82) is 0 Å². The average Bonchev–Trinajstić information content (AvgIpc) is 3.41. The monoisotopic (exact) mass is 416 g/mol. The Morgan fingerprint density at radius 1 is 1.13 bits per heavy atom. The van der Waals surface area contributed by atoms with Gasteiger partial charge in [-0.2, -0.15) is 0 Å². The predicted molar refractivity (Wildman–Crippen MR) is 123 cm³/mol. The van der Waals surface area contributed by atoms with Gasteiger partial charge in [0, 0.05) is 6.61 Å². The van der Waals surface area contributed by atoms with E-state index in [0.29, 0.717) is 13.0 Å². The number of fused-ring (bicyclic) bond motifs is 2. The van der Waals surface area contributed by atoms with E-state index in [9.17, 15) is 4.79 Å². The summed E-state index contributed by atoms with van der Waals surface area (Å²) >= 11 is 1.58. The van der Waals surface area contributed by atoms with Gasteiger partial charge in [0.05, 0.1) is 29.3 Å². The van der Waals surface area contributed by atoms with Crippen LogP contribution in [-0.4, -0.2) is 30.1 Å². The summed E-state index contributed by atoms with van der Waals surface area (Å²) in [6, 6.07) is 20.7. The summed E-state index contributed by atoms with van der Waals surface area (Å²) in [5, 5.41) is 3.10. The molecule has 5 heteroatoms. The molecule has 2 heterocycles. The normalized spacial score (nSPS) is 16.4. The number of anilines is 1. The molecule has 5 rings (SSSR count). The molecule has 0 N–H and O–H groups in total. The van der Waals surface area contributed by atoms with Crippen molar-refractivity contribution in [1.82, 2.24) is 4.98 Å². The number of nitrogens with zero attached hydrogens (tertiary/aromatic N) is 2. The lowest BCUT2D eigenvalue weighted by molar-refractivity contribution is -0.118. The molecule has 30 heavy (non-hydrogen) atoms. The van der Waals surface area contributed by atoms with E-state index >= 15 is 0 Å². The molecular formula is C25H24N2O2S. The van der Waals surface area contributed by atoms with Gasteiger partial charge < -0.3 is 4.74 Å². The Bertz CT molecular complexity index is 1210. The molecule has 1 unspecified atom stereocenters. The molecule has 152 valence electrons. The van der Waals surface area contributed by atoms with Crippen LogP contribution in [0.3, 0.4) is 0 Å². The minimum atomic E-state index is 0.0663. The molecule has 1 amide bonds. The van der Waals surface area contributed by atoms with Gasteiger partial charge in [-0.15, -0.1) is 0 Å². The van der Waals surface area contributed by atoms with Crippen LogP contribution in [-0.2, 0) is 16.0 Å². The fraction of sp³-hybridized carbons (Fsp3) is 0.280. The largest absolute Gasteiger partial charge is 0.376 e. The highest BCUT2D eigenvalue weighted by Gasteiger charge is 2.26. The highest BCUT2D eigenvalue weighted by molar-refractivity contribution is 7.22. The third kappa shape index (κ3) is 3.95. The predicted octanol–water partition coefficient (Wildman–Crippen LogP) is 5.51. The maximum atomic E-state index is 13.4. The molecule has 3 aromatic carbocycles. The maximum Gasteiger partial charge on any atom is 0.233 e. The molecule has 1 aliphatic heterocycles. The smallest absolute Gasteiger partial charge is 0.233 e. The lowest BCUT2D eigenvalue weighted by Gasteiger charge is -2.23. The summed E-state index contributed by atoms with van der Waals surface area (Å²) in [5.41, 5.74) is 3.16. The zero-order valence-electron chi connectivity index (χ0n) is 17.0. The molecule has 4 nitrogen and oxygen atoms in total. The minimum Gasteiger partial charge on any atom is -0.376 e. The Labute approximate surface area is 180 Å². The molecule has 0 bridgehead atoms. The van der Waals surface area contributed by atoms with Crippen LogP contribution in [0.4, 0.5) is 5.13 Å². The van der Waals surface area contributed by atoms with E-state index in [4.69, 9.17) is 9.72 Å². The molecule has 1 atom stereocenters. The Hall–Kier alpha value is -2.76. The molecule has 0 radical (unpaired) electrons. The quantitative estimate of drug-likeness (QED) is 0.431. The second kappa shape index (κ2) is 8.17. The van der Waals surface area contributed by atoms with Crippen molar-refractivity contribution in [2.24, 2.45) is 0 Å². The van der Waals surface area contributed by atoms with Crippen LogP contribution < -0.4 is 4.90 Å². The molecule has 0 spiro atoms. The van der Waals surface area contributed by atoms with E-state index in [1.54, 1.807) is 11.3 Å². The third-order valence-electron chi connectivity index (χ3n) is 5.64. The number of benzene rings is 3. The first-order chi connectivity index (χ1) is 14.7. The van der Waals surface area contributed by atoms with Gasteiger partial charge in [-0.05, 0) is 53.8 Å². The fourth-order valence-electron chi connectivity index (χ4n) is 4.03. The van der Waals surface area contributed by atoms with E-state index < -0.39 is 0 Å². The number of aromatic nitrogens is 1. The standard InChI is InChI=1S/C25H24N2O2S/c1-17-8-11-22-23(13-17)30-25(26-22)27(16-21-7-4-12-29-21)24(28)15-18-9-10-19-5-2-3-6-20(19)14-18/h2-3,5-6,8-11,13-14,21H,4,7,12,15-16H2,1H3. The Kier molecular flexibility index (Phi) is 5.23. The van der Waals surface area contributed by atoms with Crippen LogP contribution in [0, 0.1) is 6.92 Å². The van der Waals surface area contributed by atoms with Gasteiger partial charge in [-0.3, -0.25) is 9.69 Å². The van der Waals surface area contributed by atoms with Crippen molar-refractivity contribution in [3.63, 3.8) is 0 Å². The number of amides is 1. The summed E-state index contributed by atoms with van der Waals surface area (Å²) in [5.74, 6) is 0.0663. The van der Waals surface area contributed by atoms with Crippen LogP contribution in [0.15, 0.2) is 60.7 Å². The number of thiazole rings is 1. The molecule has 1 fully saturated rings. The Morgan fingerprint density at radius 2 is 2.00 bits per heavy atom. The summed E-state index contributed by atoms with van der Waals surface area (Å²) in [4.78, 5) is 20.0. The minimum absolute atomic E-state index is 0.0663. The topological polar surface area (TPSA) is 42.4 Å². The number of rotatable bonds is 5. The van der Waals surface area contributed by atoms with Crippen LogP contribution >= 0.6 is 11.3 Å². The van der Waals surface area contributed by atoms with E-state index in [0.717, 1.165) is 45.7 Å². The second-order valence-electron chi connectivity index (χ2n) is 7.97. The summed E-state index contributed by atoms with van der Waals surface area (Å²) in [6.07, 6.45) is 2.48. The van der Waals surface area contributed by atoms with E-state index in [-0.39, 0.29) is 12.0 Å². The lowest BCUT2D eigenvalue weighted by Crippen LogP contribution is -2.38. The van der Waals surface area contributed by atoms with Gasteiger partial charge in [0.15, 0.2) is 5.13 Å². The fourth-order valence-corrected chi connectivity index (χ4v) is 5.12. The van der Waals surface area contributed by atoms with Gasteiger partial charge >= 0.3 is 0 Å². The van der Waals surface area contributed by atoms with E-state index in [1.165, 1.54) is 10.9 Å². The zero-order chi connectivity index (χ0) is 20.5. The number of carbonyl (C=O) groups excluding carboxylic acids is 1. The van der Waals surface area contributed by atoms with Gasteiger partial charge in [-0.25, -0.2) is 4.98 Å². The first kappa shape index (κ1) is 19.2. The van der Waals surface area contributed by atoms with Crippen LogP contribution in [0.1, 0.15) is 24.0 Å². The second-order valence-corrected chi connectivity index (χ2v) is 8.97. The number of carbonyl (C=O) groups is 1. The molecular weight excluding hydrogens is 392 g/mol. The van der Waals surface area contributed by atoms with Crippen molar-refractivity contribution in [3.8, 4) is 0 Å². The van der Waals surface area contributed by atoms with Gasteiger partial charge in [0.1, 0.15) is 0 Å². The summed E-state index contributed by atoms with van der Waals surface area (Å²) in [7, 11) is 0. The number of hydrogen-bond donors (Lipinski definition) is 0. The van der Waals surface area contributed by atoms with E-state index in [1.807, 2.05) is 29.2 Å². The molecule has 1 saturated heterocycles. The maximum absolute atomic E-state index is 13.4. The molecule has 4 aromatic rings. The van der Waals surface area contributed by atoms with Crippen molar-refractivity contribution in [2.45, 2.75) is 32.3 Å². The third-order valence-corrected chi connectivity index (χ3v) is 6.69. The number of ether oxygens (including phenoxy) is 1. The number of aryl methyl sites for hydroxylation is 1. The SMILES string of the molecule is Cc1ccc2nc(N(CC3CCCO3)C(=O)Cc3ccc4ccccc4c3)sc2c1. The van der Waals surface area contributed by atoms with Gasteiger partial charge in [0.25, 0.3) is 0 Å². The van der Waals surface area contributed by atoms with E-state index in [2.05, 4.69) is 43.3 Å². The van der Waals surface area contributed by atoms with Gasteiger partial charge in [-0.1, -0.05) is 59.9 Å². The Morgan fingerprint density at radius 3 is 2.83 bits per heavy atom. The molecule has 0 aliphatic carbocycles. The highest BCUT2D eigenvalue weighted by Crippen LogP contribution is 2.31. The summed E-state index contributed by atoms with van der Waals surface area (Å²) in [6.45, 7) is 3.41. The van der Waals surface area contributed by atoms with Crippen LogP contribution in [0.2, 0.25) is 0 Å². The molecule has 1 aromatic heterocycles. The highest BCUT2D eigenvalue weighted by atomic mass is 32.1. The van der Waals surface area contributed by atoms with Crippen molar-refractivity contribution in [3.05, 3.63) is 71.8 Å². The average molecular weight is 417 g/mol. The van der Waals surface area contributed by atoms with Crippen LogP contribution in [0.5, 0.6) is 0 Å². The molecule has 1 aliphatic rings. The first-order valence-corrected chi connectivity index (χ1v) is 11.2. The Balaban J connectivity index is 1.45.